The van der Waals surface area contributed by atoms with Crippen LogP contribution in [-0.2, 0) is 0 Å². The van der Waals surface area contributed by atoms with Gasteiger partial charge in [0.15, 0.2) is 0 Å². The molecular weight excluding hydrogens is 178 g/mol. The van der Waals surface area contributed by atoms with Crippen LogP contribution in [0.4, 0.5) is 5.69 Å². The molecule has 1 N–H and O–H groups in total. The van der Waals surface area contributed by atoms with E-state index in [-0.39, 0.29) is 6.10 Å². The van der Waals surface area contributed by atoms with Crippen LogP contribution < -0.4 is 9.64 Å². The van der Waals surface area contributed by atoms with Gasteiger partial charge >= 0.3 is 0 Å². The van der Waals surface area contributed by atoms with Gasteiger partial charge < -0.3 is 14.7 Å². The minimum atomic E-state index is -0.317. The zero-order valence-corrected chi connectivity index (χ0v) is 8.90. The van der Waals surface area contributed by atoms with E-state index >= 15 is 0 Å². The van der Waals surface area contributed by atoms with Crippen molar-refractivity contribution in [1.82, 2.24) is 0 Å². The maximum absolute atomic E-state index is 9.22. The second kappa shape index (κ2) is 4.86. The van der Waals surface area contributed by atoms with Crippen LogP contribution in [0.5, 0.6) is 5.75 Å². The molecule has 14 heavy (non-hydrogen) atoms. The Hall–Kier alpha value is -1.22. The SMILES string of the molecule is COc1ccc(N(C)CC(C)O)cc1. The van der Waals surface area contributed by atoms with Gasteiger partial charge in [-0.05, 0) is 31.2 Å². The highest BCUT2D eigenvalue weighted by atomic mass is 16.5. The molecule has 0 aliphatic carbocycles. The molecule has 0 spiro atoms. The normalized spacial score (nSPS) is 12.3. The lowest BCUT2D eigenvalue weighted by atomic mass is 10.2. The summed E-state index contributed by atoms with van der Waals surface area (Å²) < 4.78 is 5.06. The first-order chi connectivity index (χ1) is 6.63. The smallest absolute Gasteiger partial charge is 0.119 e. The van der Waals surface area contributed by atoms with E-state index in [4.69, 9.17) is 4.74 Å². The van der Waals surface area contributed by atoms with Crippen molar-refractivity contribution in [2.24, 2.45) is 0 Å². The molecule has 1 atom stereocenters. The molecule has 0 saturated heterocycles. The zero-order chi connectivity index (χ0) is 10.6. The Bertz CT molecular complexity index is 269. The van der Waals surface area contributed by atoms with Crippen molar-refractivity contribution in [3.8, 4) is 5.75 Å². The van der Waals surface area contributed by atoms with Gasteiger partial charge in [-0.15, -0.1) is 0 Å². The summed E-state index contributed by atoms with van der Waals surface area (Å²) in [6.45, 7) is 2.41. The fraction of sp³-hybridized carbons (Fsp3) is 0.455. The number of benzene rings is 1. The molecule has 78 valence electrons. The van der Waals surface area contributed by atoms with E-state index in [1.807, 2.05) is 36.2 Å². The minimum absolute atomic E-state index is 0.317. The molecule has 3 heteroatoms. The second-order valence-corrected chi connectivity index (χ2v) is 3.43. The van der Waals surface area contributed by atoms with Gasteiger partial charge in [-0.3, -0.25) is 0 Å². The van der Waals surface area contributed by atoms with Crippen molar-refractivity contribution in [2.75, 3.05) is 25.6 Å². The first-order valence-corrected chi connectivity index (χ1v) is 4.66. The van der Waals surface area contributed by atoms with Gasteiger partial charge in [0.2, 0.25) is 0 Å². The molecule has 1 aromatic carbocycles. The Morgan fingerprint density at radius 2 is 1.93 bits per heavy atom. The summed E-state index contributed by atoms with van der Waals surface area (Å²) >= 11 is 0. The summed E-state index contributed by atoms with van der Waals surface area (Å²) in [5.41, 5.74) is 1.08. The van der Waals surface area contributed by atoms with Crippen LogP contribution in [0.15, 0.2) is 24.3 Å². The maximum Gasteiger partial charge on any atom is 0.119 e. The number of nitrogens with zero attached hydrogens (tertiary/aromatic N) is 1. The molecule has 0 fully saturated rings. The molecule has 0 bridgehead atoms. The number of rotatable bonds is 4. The highest BCUT2D eigenvalue weighted by Gasteiger charge is 2.03. The van der Waals surface area contributed by atoms with Crippen molar-refractivity contribution in [3.05, 3.63) is 24.3 Å². The standard InChI is InChI=1S/C11H17NO2/c1-9(13)8-12(2)10-4-6-11(14-3)7-5-10/h4-7,9,13H,8H2,1-3H3. The van der Waals surface area contributed by atoms with Crippen molar-refractivity contribution < 1.29 is 9.84 Å². The largest absolute Gasteiger partial charge is 0.497 e. The van der Waals surface area contributed by atoms with Crippen molar-refractivity contribution in [2.45, 2.75) is 13.0 Å². The van der Waals surface area contributed by atoms with E-state index < -0.39 is 0 Å². The van der Waals surface area contributed by atoms with Gasteiger partial charge in [-0.1, -0.05) is 0 Å². The number of hydrogen-bond donors (Lipinski definition) is 1. The van der Waals surface area contributed by atoms with Crippen molar-refractivity contribution >= 4 is 5.69 Å². The molecule has 3 nitrogen and oxygen atoms in total. The Balaban J connectivity index is 2.66. The zero-order valence-electron chi connectivity index (χ0n) is 8.90. The quantitative estimate of drug-likeness (QED) is 0.790. The number of ether oxygens (including phenoxy) is 1. The van der Waals surface area contributed by atoms with Crippen molar-refractivity contribution in [1.29, 1.82) is 0 Å². The van der Waals surface area contributed by atoms with Crippen LogP contribution in [0.2, 0.25) is 0 Å². The lowest BCUT2D eigenvalue weighted by Gasteiger charge is -2.20. The average Bonchev–Trinajstić information content (AvgIpc) is 2.17. The van der Waals surface area contributed by atoms with Gasteiger partial charge in [0.1, 0.15) is 5.75 Å². The number of aliphatic hydroxyl groups excluding tert-OH is 1. The molecule has 0 amide bonds. The summed E-state index contributed by atoms with van der Waals surface area (Å²) in [7, 11) is 3.60. The first-order valence-electron chi connectivity index (χ1n) is 4.66. The van der Waals surface area contributed by atoms with Gasteiger partial charge in [-0.25, -0.2) is 0 Å². The van der Waals surface area contributed by atoms with Crippen LogP contribution >= 0.6 is 0 Å². The molecule has 0 radical (unpaired) electrons. The molecule has 0 aliphatic rings. The predicted octanol–water partition coefficient (Wildman–Crippen LogP) is 1.51. The summed E-state index contributed by atoms with van der Waals surface area (Å²) in [5, 5.41) is 9.22. The number of aliphatic hydroxyl groups is 1. The van der Waals surface area contributed by atoms with E-state index in [0.29, 0.717) is 6.54 Å². The number of hydrogen-bond acceptors (Lipinski definition) is 3. The lowest BCUT2D eigenvalue weighted by Crippen LogP contribution is -2.26. The Labute approximate surface area is 84.9 Å². The summed E-state index contributed by atoms with van der Waals surface area (Å²) in [5.74, 6) is 0.846. The van der Waals surface area contributed by atoms with Gasteiger partial charge in [0.25, 0.3) is 0 Å². The van der Waals surface area contributed by atoms with Crippen LogP contribution in [0.25, 0.3) is 0 Å². The number of anilines is 1. The molecule has 1 aromatic rings. The van der Waals surface area contributed by atoms with Crippen LogP contribution in [-0.4, -0.2) is 31.9 Å². The highest BCUT2D eigenvalue weighted by molar-refractivity contribution is 5.48. The monoisotopic (exact) mass is 195 g/mol. The lowest BCUT2D eigenvalue weighted by molar-refractivity contribution is 0.201. The Kier molecular flexibility index (Phi) is 3.77. The van der Waals surface area contributed by atoms with Gasteiger partial charge in [-0.2, -0.15) is 0 Å². The highest BCUT2D eigenvalue weighted by Crippen LogP contribution is 2.17. The van der Waals surface area contributed by atoms with E-state index in [2.05, 4.69) is 0 Å². The molecule has 0 aliphatic heterocycles. The van der Waals surface area contributed by atoms with E-state index in [1.54, 1.807) is 14.0 Å². The fourth-order valence-corrected chi connectivity index (χ4v) is 1.34. The molecular formula is C11H17NO2. The van der Waals surface area contributed by atoms with Crippen LogP contribution in [0.3, 0.4) is 0 Å². The van der Waals surface area contributed by atoms with E-state index in [9.17, 15) is 5.11 Å². The minimum Gasteiger partial charge on any atom is -0.497 e. The summed E-state index contributed by atoms with van der Waals surface area (Å²) in [4.78, 5) is 2.00. The van der Waals surface area contributed by atoms with Gasteiger partial charge in [0.05, 0.1) is 13.2 Å². The molecule has 0 aromatic heterocycles. The molecule has 0 saturated carbocycles. The molecule has 0 heterocycles. The van der Waals surface area contributed by atoms with E-state index in [1.165, 1.54) is 0 Å². The molecule has 1 unspecified atom stereocenters. The maximum atomic E-state index is 9.22. The summed E-state index contributed by atoms with van der Waals surface area (Å²) in [6.07, 6.45) is -0.317. The summed E-state index contributed by atoms with van der Waals surface area (Å²) in [6, 6.07) is 7.77. The van der Waals surface area contributed by atoms with Gasteiger partial charge in [0, 0.05) is 19.3 Å². The number of likely N-dealkylation sites (N-methyl/N-ethyl adjacent to an activating group) is 1. The Morgan fingerprint density at radius 3 is 2.36 bits per heavy atom. The molecule has 1 rings (SSSR count). The second-order valence-electron chi connectivity index (χ2n) is 3.43. The fourth-order valence-electron chi connectivity index (χ4n) is 1.34. The topological polar surface area (TPSA) is 32.7 Å². The van der Waals surface area contributed by atoms with Crippen LogP contribution in [0, 0.1) is 0 Å². The number of methoxy groups -OCH3 is 1. The first kappa shape index (κ1) is 10.9. The Morgan fingerprint density at radius 1 is 1.36 bits per heavy atom. The van der Waals surface area contributed by atoms with Crippen LogP contribution in [0.1, 0.15) is 6.92 Å². The average molecular weight is 195 g/mol. The van der Waals surface area contributed by atoms with E-state index in [0.717, 1.165) is 11.4 Å². The third kappa shape index (κ3) is 2.92. The van der Waals surface area contributed by atoms with Crippen molar-refractivity contribution in [3.63, 3.8) is 0 Å². The third-order valence-corrected chi connectivity index (χ3v) is 2.05. The third-order valence-electron chi connectivity index (χ3n) is 2.05. The predicted molar refractivity (Wildman–Crippen MR) is 57.9 cm³/mol.